The van der Waals surface area contributed by atoms with Gasteiger partial charge in [0.15, 0.2) is 0 Å². The Kier molecular flexibility index (Phi) is 4.84. The lowest BCUT2D eigenvalue weighted by Crippen LogP contribution is -2.27. The van der Waals surface area contributed by atoms with E-state index in [9.17, 15) is 18.3 Å². The van der Waals surface area contributed by atoms with Crippen molar-refractivity contribution in [2.75, 3.05) is 11.9 Å². The molecule has 1 atom stereocenters. The molecule has 0 saturated carbocycles. The Hall–Kier alpha value is -1.82. The minimum absolute atomic E-state index is 0.143. The SMILES string of the molecule is CC(O)CC(C)(C)CNc1ccnc2cc(C(F)(F)F)ccc12. The molecule has 0 amide bonds. The molecule has 1 heterocycles. The van der Waals surface area contributed by atoms with Gasteiger partial charge in [-0.15, -0.1) is 0 Å². The lowest BCUT2D eigenvalue weighted by molar-refractivity contribution is -0.137. The van der Waals surface area contributed by atoms with Crippen molar-refractivity contribution in [3.05, 3.63) is 36.0 Å². The number of nitrogens with one attached hydrogen (secondary N) is 1. The number of rotatable bonds is 5. The summed E-state index contributed by atoms with van der Waals surface area (Å²) < 4.78 is 38.3. The number of halogens is 3. The van der Waals surface area contributed by atoms with E-state index < -0.39 is 17.8 Å². The summed E-state index contributed by atoms with van der Waals surface area (Å²) in [5, 5.41) is 13.4. The molecule has 0 fully saturated rings. The molecule has 0 radical (unpaired) electrons. The predicted octanol–water partition coefficient (Wildman–Crippen LogP) is 4.46. The van der Waals surface area contributed by atoms with Gasteiger partial charge in [0.05, 0.1) is 17.2 Å². The highest BCUT2D eigenvalue weighted by Crippen LogP contribution is 2.33. The predicted molar refractivity (Wildman–Crippen MR) is 85.3 cm³/mol. The molecule has 23 heavy (non-hydrogen) atoms. The van der Waals surface area contributed by atoms with Gasteiger partial charge in [-0.3, -0.25) is 4.98 Å². The van der Waals surface area contributed by atoms with Gasteiger partial charge in [-0.2, -0.15) is 13.2 Å². The van der Waals surface area contributed by atoms with Gasteiger partial charge in [-0.05, 0) is 37.0 Å². The normalized spacial score (nSPS) is 14.0. The quantitative estimate of drug-likeness (QED) is 0.852. The number of benzene rings is 1. The molecule has 0 spiro atoms. The average molecular weight is 326 g/mol. The number of aliphatic hydroxyl groups is 1. The maximum atomic E-state index is 12.8. The van der Waals surface area contributed by atoms with Crippen molar-refractivity contribution in [2.45, 2.75) is 39.5 Å². The second-order valence-electron chi connectivity index (χ2n) is 6.66. The van der Waals surface area contributed by atoms with E-state index in [0.717, 1.165) is 17.8 Å². The van der Waals surface area contributed by atoms with Crippen LogP contribution in [0.4, 0.5) is 18.9 Å². The van der Waals surface area contributed by atoms with Crippen molar-refractivity contribution in [3.63, 3.8) is 0 Å². The van der Waals surface area contributed by atoms with Gasteiger partial charge < -0.3 is 10.4 Å². The summed E-state index contributed by atoms with van der Waals surface area (Å²) in [6.45, 7) is 6.38. The van der Waals surface area contributed by atoms with Crippen molar-refractivity contribution in [1.82, 2.24) is 4.98 Å². The molecule has 3 nitrogen and oxygen atoms in total. The zero-order valence-electron chi connectivity index (χ0n) is 13.4. The third-order valence-corrected chi connectivity index (χ3v) is 3.68. The number of hydrogen-bond acceptors (Lipinski definition) is 3. The van der Waals surface area contributed by atoms with Crippen molar-refractivity contribution >= 4 is 16.6 Å². The lowest BCUT2D eigenvalue weighted by Gasteiger charge is -2.27. The van der Waals surface area contributed by atoms with Gasteiger partial charge in [-0.1, -0.05) is 19.9 Å². The van der Waals surface area contributed by atoms with Crippen LogP contribution in [0.1, 0.15) is 32.8 Å². The Balaban J connectivity index is 2.25. The van der Waals surface area contributed by atoms with Gasteiger partial charge in [0, 0.05) is 23.8 Å². The largest absolute Gasteiger partial charge is 0.416 e. The van der Waals surface area contributed by atoms with Crippen LogP contribution in [0.2, 0.25) is 0 Å². The molecule has 0 aliphatic rings. The molecule has 1 aromatic heterocycles. The van der Waals surface area contributed by atoms with Gasteiger partial charge in [0.2, 0.25) is 0 Å². The van der Waals surface area contributed by atoms with Crippen molar-refractivity contribution in [3.8, 4) is 0 Å². The molecule has 0 aliphatic heterocycles. The molecule has 0 bridgehead atoms. The molecule has 2 N–H and O–H groups in total. The lowest BCUT2D eigenvalue weighted by atomic mass is 9.87. The Morgan fingerprint density at radius 1 is 1.22 bits per heavy atom. The Labute approximate surface area is 133 Å². The minimum Gasteiger partial charge on any atom is -0.393 e. The molecule has 0 aliphatic carbocycles. The van der Waals surface area contributed by atoms with E-state index in [0.29, 0.717) is 23.9 Å². The minimum atomic E-state index is -4.38. The van der Waals surface area contributed by atoms with E-state index in [-0.39, 0.29) is 5.41 Å². The van der Waals surface area contributed by atoms with Crippen molar-refractivity contribution in [1.29, 1.82) is 0 Å². The molecule has 0 saturated heterocycles. The third-order valence-electron chi connectivity index (χ3n) is 3.68. The first kappa shape index (κ1) is 17.5. The fourth-order valence-corrected chi connectivity index (χ4v) is 2.68. The topological polar surface area (TPSA) is 45.1 Å². The number of aliphatic hydroxyl groups excluding tert-OH is 1. The number of alkyl halides is 3. The number of hydrogen-bond donors (Lipinski definition) is 2. The van der Waals surface area contributed by atoms with Crippen LogP contribution in [0.25, 0.3) is 10.9 Å². The summed E-state index contributed by atoms with van der Waals surface area (Å²) in [6, 6.07) is 5.31. The zero-order chi connectivity index (χ0) is 17.3. The van der Waals surface area contributed by atoms with Crippen LogP contribution in [0.15, 0.2) is 30.5 Å². The average Bonchev–Trinajstić information content (AvgIpc) is 2.42. The van der Waals surface area contributed by atoms with Crippen molar-refractivity contribution in [2.24, 2.45) is 5.41 Å². The molecule has 6 heteroatoms. The first-order valence-electron chi connectivity index (χ1n) is 7.46. The van der Waals surface area contributed by atoms with Crippen LogP contribution in [0, 0.1) is 5.41 Å². The maximum absolute atomic E-state index is 12.8. The summed E-state index contributed by atoms with van der Waals surface area (Å²) in [6.07, 6.45) is -2.66. The van der Waals surface area contributed by atoms with Crippen molar-refractivity contribution < 1.29 is 18.3 Å². The van der Waals surface area contributed by atoms with Gasteiger partial charge in [-0.25, -0.2) is 0 Å². The summed E-state index contributed by atoms with van der Waals surface area (Å²) in [4.78, 5) is 4.03. The van der Waals surface area contributed by atoms with Gasteiger partial charge in [0.1, 0.15) is 0 Å². The van der Waals surface area contributed by atoms with E-state index in [2.05, 4.69) is 10.3 Å². The molecule has 1 aromatic carbocycles. The highest BCUT2D eigenvalue weighted by Gasteiger charge is 2.30. The highest BCUT2D eigenvalue weighted by molar-refractivity contribution is 5.91. The summed E-state index contributed by atoms with van der Waals surface area (Å²) >= 11 is 0. The van der Waals surface area contributed by atoms with Crippen LogP contribution in [-0.4, -0.2) is 22.7 Å². The Morgan fingerprint density at radius 2 is 1.91 bits per heavy atom. The van der Waals surface area contributed by atoms with Gasteiger partial charge in [0.25, 0.3) is 0 Å². The van der Waals surface area contributed by atoms with E-state index in [1.165, 1.54) is 12.3 Å². The number of aromatic nitrogens is 1. The zero-order valence-corrected chi connectivity index (χ0v) is 13.4. The summed E-state index contributed by atoms with van der Waals surface area (Å²) in [5.41, 5.74) is 0.194. The molecular weight excluding hydrogens is 305 g/mol. The fraction of sp³-hybridized carbons (Fsp3) is 0.471. The molecular formula is C17H21F3N2O. The summed E-state index contributed by atoms with van der Waals surface area (Å²) in [5.74, 6) is 0. The standard InChI is InChI=1S/C17H21F3N2O/c1-11(23)9-16(2,3)10-22-14-6-7-21-15-8-12(17(18,19)20)4-5-13(14)15/h4-8,11,23H,9-10H2,1-3H3,(H,21,22). The number of anilines is 1. The Bertz CT molecular complexity index is 681. The molecule has 1 unspecified atom stereocenters. The van der Waals surface area contributed by atoms with E-state index >= 15 is 0 Å². The number of nitrogens with zero attached hydrogens (tertiary/aromatic N) is 1. The van der Waals surface area contributed by atoms with Crippen LogP contribution in [0.3, 0.4) is 0 Å². The van der Waals surface area contributed by atoms with Crippen LogP contribution < -0.4 is 5.32 Å². The molecule has 126 valence electrons. The fourth-order valence-electron chi connectivity index (χ4n) is 2.68. The second-order valence-corrected chi connectivity index (χ2v) is 6.66. The first-order valence-corrected chi connectivity index (χ1v) is 7.46. The molecule has 2 aromatic rings. The number of pyridine rings is 1. The maximum Gasteiger partial charge on any atom is 0.416 e. The second kappa shape index (κ2) is 6.35. The first-order chi connectivity index (χ1) is 10.6. The van der Waals surface area contributed by atoms with E-state index in [1.54, 1.807) is 13.0 Å². The van der Waals surface area contributed by atoms with Crippen LogP contribution in [-0.2, 0) is 6.18 Å². The Morgan fingerprint density at radius 3 is 2.52 bits per heavy atom. The smallest absolute Gasteiger partial charge is 0.393 e. The third kappa shape index (κ3) is 4.58. The molecule has 2 rings (SSSR count). The van der Waals surface area contributed by atoms with E-state index in [4.69, 9.17) is 0 Å². The summed E-state index contributed by atoms with van der Waals surface area (Å²) in [7, 11) is 0. The van der Waals surface area contributed by atoms with Gasteiger partial charge >= 0.3 is 6.18 Å². The highest BCUT2D eigenvalue weighted by atomic mass is 19.4. The van der Waals surface area contributed by atoms with Crippen LogP contribution in [0.5, 0.6) is 0 Å². The number of fused-ring (bicyclic) bond motifs is 1. The van der Waals surface area contributed by atoms with Crippen LogP contribution >= 0.6 is 0 Å². The van der Waals surface area contributed by atoms with E-state index in [1.807, 2.05) is 13.8 Å². The monoisotopic (exact) mass is 326 g/mol.